The lowest BCUT2D eigenvalue weighted by Crippen LogP contribution is -2.62. The van der Waals surface area contributed by atoms with Crippen LogP contribution in [0.1, 0.15) is 27.6 Å². The molecule has 4 rings (SSSR count). The fourth-order valence-corrected chi connectivity index (χ4v) is 3.91. The van der Waals surface area contributed by atoms with Crippen LogP contribution in [0.2, 0.25) is 0 Å². The highest BCUT2D eigenvalue weighted by Crippen LogP contribution is 2.50. The molecule has 168 valence electrons. The zero-order chi connectivity index (χ0) is 22.9. The number of rotatable bonds is 6. The van der Waals surface area contributed by atoms with Gasteiger partial charge in [-0.1, -0.05) is 36.4 Å². The summed E-state index contributed by atoms with van der Waals surface area (Å²) in [4.78, 5) is 36.5. The summed E-state index contributed by atoms with van der Waals surface area (Å²) in [5, 5.41) is 21.6. The van der Waals surface area contributed by atoms with Gasteiger partial charge < -0.3 is 29.2 Å². The average molecular weight is 442 g/mol. The summed E-state index contributed by atoms with van der Waals surface area (Å²) in [6.45, 7) is 0.765. The number of hydrogen-bond acceptors (Lipinski definition) is 9. The number of hydrogen-bond donors (Lipinski definition) is 2. The van der Waals surface area contributed by atoms with E-state index in [0.717, 1.165) is 6.92 Å². The van der Waals surface area contributed by atoms with E-state index in [-0.39, 0.29) is 12.2 Å². The molecule has 2 fully saturated rings. The Morgan fingerprint density at radius 1 is 0.875 bits per heavy atom. The van der Waals surface area contributed by atoms with Crippen molar-refractivity contribution in [3.8, 4) is 0 Å². The van der Waals surface area contributed by atoms with E-state index in [9.17, 15) is 24.6 Å². The first kappa shape index (κ1) is 21.9. The third-order valence-corrected chi connectivity index (χ3v) is 5.53. The van der Waals surface area contributed by atoms with Crippen LogP contribution in [-0.2, 0) is 23.7 Å². The van der Waals surface area contributed by atoms with Crippen molar-refractivity contribution >= 4 is 17.9 Å². The summed E-state index contributed by atoms with van der Waals surface area (Å²) >= 11 is 0. The van der Waals surface area contributed by atoms with Crippen LogP contribution in [-0.4, -0.2) is 70.8 Å². The molecular weight excluding hydrogens is 420 g/mol. The zero-order valence-electron chi connectivity index (χ0n) is 17.1. The minimum absolute atomic E-state index is 0.223. The number of fused-ring (bicyclic) bond motifs is 1. The number of aliphatic hydroxyl groups excluding tert-OH is 2. The summed E-state index contributed by atoms with van der Waals surface area (Å²) in [6.07, 6.45) is -6.77. The fraction of sp³-hybridized carbons (Fsp3) is 0.348. The van der Waals surface area contributed by atoms with Gasteiger partial charge in [-0.2, -0.15) is 0 Å². The van der Waals surface area contributed by atoms with Crippen LogP contribution in [0.4, 0.5) is 0 Å². The molecule has 6 unspecified atom stereocenters. The van der Waals surface area contributed by atoms with E-state index in [0.29, 0.717) is 5.56 Å². The van der Waals surface area contributed by atoms with Crippen molar-refractivity contribution < 1.29 is 43.5 Å². The van der Waals surface area contributed by atoms with Crippen molar-refractivity contribution in [2.24, 2.45) is 0 Å². The molecule has 9 nitrogen and oxygen atoms in total. The maximum absolute atomic E-state index is 12.4. The number of aliphatic hydroxyl groups is 2. The zero-order valence-corrected chi connectivity index (χ0v) is 17.1. The second kappa shape index (κ2) is 8.70. The monoisotopic (exact) mass is 442 g/mol. The van der Waals surface area contributed by atoms with Gasteiger partial charge >= 0.3 is 17.9 Å². The molecule has 2 aliphatic rings. The SMILES string of the molecule is CC(=O)OC1C(O)C(OC(=O)c2ccccc2)C(O)C2OC12COC(=O)c1ccccc1. The highest BCUT2D eigenvalue weighted by molar-refractivity contribution is 5.90. The molecule has 1 aliphatic heterocycles. The summed E-state index contributed by atoms with van der Waals surface area (Å²) in [5.41, 5.74) is -0.928. The minimum atomic E-state index is -1.62. The second-order valence-electron chi connectivity index (χ2n) is 7.68. The van der Waals surface area contributed by atoms with Crippen LogP contribution in [0.3, 0.4) is 0 Å². The second-order valence-corrected chi connectivity index (χ2v) is 7.68. The van der Waals surface area contributed by atoms with Crippen LogP contribution >= 0.6 is 0 Å². The Morgan fingerprint density at radius 3 is 2.00 bits per heavy atom. The number of benzene rings is 2. The first-order valence-electron chi connectivity index (χ1n) is 10.0. The maximum Gasteiger partial charge on any atom is 0.338 e. The van der Waals surface area contributed by atoms with E-state index in [1.165, 1.54) is 12.1 Å². The quantitative estimate of drug-likeness (QED) is 0.380. The van der Waals surface area contributed by atoms with E-state index in [2.05, 4.69) is 0 Å². The molecule has 0 amide bonds. The number of carbonyl (C=O) groups excluding carboxylic acids is 3. The molecule has 1 saturated carbocycles. The summed E-state index contributed by atoms with van der Waals surface area (Å²) in [7, 11) is 0. The molecule has 6 atom stereocenters. The van der Waals surface area contributed by atoms with Crippen molar-refractivity contribution in [1.29, 1.82) is 0 Å². The van der Waals surface area contributed by atoms with Crippen LogP contribution in [0.25, 0.3) is 0 Å². The molecule has 0 spiro atoms. The lowest BCUT2D eigenvalue weighted by Gasteiger charge is -2.38. The molecule has 0 aromatic heterocycles. The van der Waals surface area contributed by atoms with Crippen LogP contribution < -0.4 is 0 Å². The molecule has 0 bridgehead atoms. The van der Waals surface area contributed by atoms with Gasteiger partial charge in [-0.3, -0.25) is 4.79 Å². The van der Waals surface area contributed by atoms with Crippen molar-refractivity contribution in [3.63, 3.8) is 0 Å². The fourth-order valence-electron chi connectivity index (χ4n) is 3.91. The van der Waals surface area contributed by atoms with Gasteiger partial charge in [-0.15, -0.1) is 0 Å². The number of epoxide rings is 1. The Labute approximate surface area is 183 Å². The maximum atomic E-state index is 12.4. The average Bonchev–Trinajstić information content (AvgIpc) is 3.55. The Bertz CT molecular complexity index is 993. The molecule has 32 heavy (non-hydrogen) atoms. The predicted molar refractivity (Wildman–Crippen MR) is 108 cm³/mol. The lowest BCUT2D eigenvalue weighted by atomic mass is 9.80. The molecule has 1 saturated heterocycles. The van der Waals surface area contributed by atoms with Crippen molar-refractivity contribution in [3.05, 3.63) is 71.8 Å². The third-order valence-electron chi connectivity index (χ3n) is 5.53. The standard InChI is InChI=1S/C23H22O9/c1-13(24)30-19-16(25)18(31-22(28)15-10-6-3-7-11-15)17(26)20-23(19,32-20)12-29-21(27)14-8-4-2-5-9-14/h2-11,16-20,25-26H,12H2,1H3. The smallest absolute Gasteiger partial charge is 0.338 e. The Balaban J connectivity index is 1.51. The number of carbonyl (C=O) groups is 3. The normalized spacial score (nSPS) is 30.5. The summed E-state index contributed by atoms with van der Waals surface area (Å²) < 4.78 is 21.5. The van der Waals surface area contributed by atoms with Crippen LogP contribution in [0.5, 0.6) is 0 Å². The van der Waals surface area contributed by atoms with E-state index in [4.69, 9.17) is 18.9 Å². The molecule has 2 N–H and O–H groups in total. The van der Waals surface area contributed by atoms with Gasteiger partial charge in [-0.05, 0) is 24.3 Å². The van der Waals surface area contributed by atoms with E-state index >= 15 is 0 Å². The first-order valence-corrected chi connectivity index (χ1v) is 10.0. The van der Waals surface area contributed by atoms with E-state index in [1.54, 1.807) is 48.5 Å². The Morgan fingerprint density at radius 2 is 1.44 bits per heavy atom. The van der Waals surface area contributed by atoms with E-state index in [1.807, 2.05) is 0 Å². The topological polar surface area (TPSA) is 132 Å². The molecule has 1 aliphatic carbocycles. The van der Waals surface area contributed by atoms with E-state index < -0.39 is 54.0 Å². The number of esters is 3. The van der Waals surface area contributed by atoms with Crippen molar-refractivity contribution in [1.82, 2.24) is 0 Å². The van der Waals surface area contributed by atoms with Crippen molar-refractivity contribution in [2.45, 2.75) is 43.0 Å². The van der Waals surface area contributed by atoms with Gasteiger partial charge in [0.25, 0.3) is 0 Å². The molecule has 2 aromatic carbocycles. The van der Waals surface area contributed by atoms with Gasteiger partial charge in [0.15, 0.2) is 17.8 Å². The lowest BCUT2D eigenvalue weighted by molar-refractivity contribution is -0.180. The Hall–Kier alpha value is -3.27. The molecule has 2 aromatic rings. The molecular formula is C23H22O9. The summed E-state index contributed by atoms with van der Waals surface area (Å²) in [6, 6.07) is 16.3. The van der Waals surface area contributed by atoms with Gasteiger partial charge in [0.1, 0.15) is 24.9 Å². The van der Waals surface area contributed by atoms with Gasteiger partial charge in [0.2, 0.25) is 0 Å². The van der Waals surface area contributed by atoms with Gasteiger partial charge in [-0.25, -0.2) is 9.59 Å². The van der Waals surface area contributed by atoms with Gasteiger partial charge in [0, 0.05) is 6.92 Å². The summed E-state index contributed by atoms with van der Waals surface area (Å²) in [5.74, 6) is -2.13. The predicted octanol–water partition coefficient (Wildman–Crippen LogP) is 0.874. The third kappa shape index (κ3) is 4.10. The molecule has 1 heterocycles. The number of ether oxygens (including phenoxy) is 4. The van der Waals surface area contributed by atoms with Crippen LogP contribution in [0, 0.1) is 0 Å². The van der Waals surface area contributed by atoms with Crippen LogP contribution in [0.15, 0.2) is 60.7 Å². The largest absolute Gasteiger partial charge is 0.459 e. The Kier molecular flexibility index (Phi) is 5.96. The minimum Gasteiger partial charge on any atom is -0.459 e. The molecule has 9 heteroatoms. The van der Waals surface area contributed by atoms with Gasteiger partial charge in [0.05, 0.1) is 11.1 Å². The first-order chi connectivity index (χ1) is 15.3. The molecule has 0 radical (unpaired) electrons. The van der Waals surface area contributed by atoms with Crippen molar-refractivity contribution in [2.75, 3.05) is 6.61 Å². The highest BCUT2D eigenvalue weighted by Gasteiger charge is 2.75. The highest BCUT2D eigenvalue weighted by atomic mass is 16.7.